The minimum Gasteiger partial charge on any atom is -0.504 e. The zero-order valence-corrected chi connectivity index (χ0v) is 13.6. The number of hydrogen-bond acceptors (Lipinski definition) is 6. The molecular weight excluding hydrogens is 324 g/mol. The Hall–Kier alpha value is -3.55. The zero-order valence-electron chi connectivity index (χ0n) is 13.6. The number of carbonyl (C=O) groups excluding carboxylic acids is 1. The van der Waals surface area contributed by atoms with Gasteiger partial charge in [-0.05, 0) is 31.2 Å². The summed E-state index contributed by atoms with van der Waals surface area (Å²) in [5, 5.41) is 20.4. The third kappa shape index (κ3) is 3.52. The van der Waals surface area contributed by atoms with Crippen molar-refractivity contribution in [2.24, 2.45) is 5.10 Å². The van der Waals surface area contributed by atoms with Crippen LogP contribution in [0.5, 0.6) is 11.5 Å². The van der Waals surface area contributed by atoms with E-state index in [1.165, 1.54) is 13.3 Å². The Morgan fingerprint density at radius 1 is 1.40 bits per heavy atom. The number of ether oxygens (including phenoxy) is 1. The van der Waals surface area contributed by atoms with Crippen molar-refractivity contribution in [3.63, 3.8) is 0 Å². The zero-order chi connectivity index (χ0) is 17.8. The van der Waals surface area contributed by atoms with Crippen molar-refractivity contribution in [2.45, 2.75) is 6.92 Å². The third-order valence-corrected chi connectivity index (χ3v) is 3.44. The molecule has 128 valence electrons. The standard InChI is InChI=1S/C17H16N4O4/c1-10-6-7-14(25-10)12-8-13(20-19-12)17(23)21-18-9-11-4-3-5-15(24-2)16(11)22/h3-9,22H,1-2H3,(H,19,20)(H,21,23)/b18-9-. The van der Waals surface area contributed by atoms with Crippen LogP contribution < -0.4 is 10.2 Å². The number of para-hydroxylation sites is 1. The van der Waals surface area contributed by atoms with Gasteiger partial charge in [0.05, 0.1) is 13.3 Å². The number of nitrogens with zero attached hydrogens (tertiary/aromatic N) is 2. The van der Waals surface area contributed by atoms with Gasteiger partial charge in [-0.15, -0.1) is 0 Å². The van der Waals surface area contributed by atoms with Crippen LogP contribution in [0, 0.1) is 6.92 Å². The van der Waals surface area contributed by atoms with Gasteiger partial charge in [0.15, 0.2) is 23.0 Å². The van der Waals surface area contributed by atoms with E-state index >= 15 is 0 Å². The molecule has 2 aromatic heterocycles. The Morgan fingerprint density at radius 3 is 2.96 bits per heavy atom. The molecule has 1 aromatic carbocycles. The summed E-state index contributed by atoms with van der Waals surface area (Å²) in [6.07, 6.45) is 1.32. The molecular formula is C17H16N4O4. The molecule has 0 spiro atoms. The molecule has 3 N–H and O–H groups in total. The molecule has 25 heavy (non-hydrogen) atoms. The van der Waals surface area contributed by atoms with Gasteiger partial charge in [-0.2, -0.15) is 10.2 Å². The molecule has 1 amide bonds. The van der Waals surface area contributed by atoms with Crippen molar-refractivity contribution in [1.82, 2.24) is 15.6 Å². The highest BCUT2D eigenvalue weighted by atomic mass is 16.5. The molecule has 0 bridgehead atoms. The van der Waals surface area contributed by atoms with Gasteiger partial charge in [-0.3, -0.25) is 9.89 Å². The summed E-state index contributed by atoms with van der Waals surface area (Å²) in [7, 11) is 1.45. The van der Waals surface area contributed by atoms with Gasteiger partial charge in [-0.1, -0.05) is 6.07 Å². The van der Waals surface area contributed by atoms with Crippen LogP contribution in [-0.4, -0.2) is 34.5 Å². The maximum Gasteiger partial charge on any atom is 0.291 e. The van der Waals surface area contributed by atoms with Crippen LogP contribution in [0.15, 0.2) is 45.9 Å². The second-order valence-corrected chi connectivity index (χ2v) is 5.17. The lowest BCUT2D eigenvalue weighted by molar-refractivity contribution is 0.0950. The molecule has 3 rings (SSSR count). The number of methoxy groups -OCH3 is 1. The third-order valence-electron chi connectivity index (χ3n) is 3.44. The van der Waals surface area contributed by atoms with Crippen LogP contribution in [0.2, 0.25) is 0 Å². The van der Waals surface area contributed by atoms with Gasteiger partial charge in [0, 0.05) is 11.6 Å². The molecule has 2 heterocycles. The number of furan rings is 1. The summed E-state index contributed by atoms with van der Waals surface area (Å²) < 4.78 is 10.5. The first-order chi connectivity index (χ1) is 12.1. The summed E-state index contributed by atoms with van der Waals surface area (Å²) in [6.45, 7) is 1.83. The van der Waals surface area contributed by atoms with E-state index in [0.29, 0.717) is 22.8 Å². The van der Waals surface area contributed by atoms with Crippen LogP contribution in [0.4, 0.5) is 0 Å². The van der Waals surface area contributed by atoms with Crippen molar-refractivity contribution in [1.29, 1.82) is 0 Å². The normalized spacial score (nSPS) is 11.0. The lowest BCUT2D eigenvalue weighted by Crippen LogP contribution is -2.18. The summed E-state index contributed by atoms with van der Waals surface area (Å²) >= 11 is 0. The van der Waals surface area contributed by atoms with E-state index < -0.39 is 5.91 Å². The Bertz CT molecular complexity index is 926. The molecule has 8 nitrogen and oxygen atoms in total. The molecule has 0 radical (unpaired) electrons. The molecule has 8 heteroatoms. The van der Waals surface area contributed by atoms with Crippen molar-refractivity contribution >= 4 is 12.1 Å². The van der Waals surface area contributed by atoms with Gasteiger partial charge < -0.3 is 14.3 Å². The number of hydrogen-bond donors (Lipinski definition) is 3. The molecule has 0 unspecified atom stereocenters. The number of aryl methyl sites for hydroxylation is 1. The molecule has 0 aliphatic carbocycles. The number of phenols is 1. The topological polar surface area (TPSA) is 113 Å². The number of amides is 1. The molecule has 0 saturated heterocycles. The molecule has 0 aliphatic heterocycles. The van der Waals surface area contributed by atoms with Gasteiger partial charge in [0.1, 0.15) is 11.5 Å². The number of carbonyl (C=O) groups is 1. The van der Waals surface area contributed by atoms with Gasteiger partial charge in [-0.25, -0.2) is 5.43 Å². The minimum atomic E-state index is -0.496. The number of phenolic OH excluding ortho intramolecular Hbond substituents is 1. The van der Waals surface area contributed by atoms with Crippen LogP contribution in [0.3, 0.4) is 0 Å². The fraction of sp³-hybridized carbons (Fsp3) is 0.118. The molecule has 0 aliphatic rings. The molecule has 0 atom stereocenters. The summed E-state index contributed by atoms with van der Waals surface area (Å²) in [5.41, 5.74) is 3.51. The maximum atomic E-state index is 12.1. The van der Waals surface area contributed by atoms with Gasteiger partial charge in [0.25, 0.3) is 5.91 Å². The highest BCUT2D eigenvalue weighted by Gasteiger charge is 2.13. The summed E-state index contributed by atoms with van der Waals surface area (Å²) in [4.78, 5) is 12.1. The van der Waals surface area contributed by atoms with E-state index in [9.17, 15) is 9.90 Å². The van der Waals surface area contributed by atoms with Crippen molar-refractivity contribution in [3.8, 4) is 23.0 Å². The van der Waals surface area contributed by atoms with Crippen LogP contribution in [0.1, 0.15) is 21.8 Å². The van der Waals surface area contributed by atoms with Crippen molar-refractivity contribution < 1.29 is 19.1 Å². The minimum absolute atomic E-state index is 0.0572. The largest absolute Gasteiger partial charge is 0.504 e. The van der Waals surface area contributed by atoms with Crippen LogP contribution in [0.25, 0.3) is 11.5 Å². The lowest BCUT2D eigenvalue weighted by atomic mass is 10.2. The van der Waals surface area contributed by atoms with Crippen LogP contribution >= 0.6 is 0 Å². The van der Waals surface area contributed by atoms with Crippen molar-refractivity contribution in [2.75, 3.05) is 7.11 Å². The average molecular weight is 340 g/mol. The highest BCUT2D eigenvalue weighted by Crippen LogP contribution is 2.27. The van der Waals surface area contributed by atoms with E-state index in [2.05, 4.69) is 20.7 Å². The van der Waals surface area contributed by atoms with Gasteiger partial charge in [0.2, 0.25) is 0 Å². The quantitative estimate of drug-likeness (QED) is 0.488. The second-order valence-electron chi connectivity index (χ2n) is 5.17. The van der Waals surface area contributed by atoms with E-state index in [4.69, 9.17) is 9.15 Å². The second kappa shape index (κ2) is 6.91. The predicted octanol–water partition coefficient (Wildman–Crippen LogP) is 2.46. The van der Waals surface area contributed by atoms with Crippen molar-refractivity contribution in [3.05, 3.63) is 53.4 Å². The number of nitrogens with one attached hydrogen (secondary N) is 2. The maximum absolute atomic E-state index is 12.1. The number of benzene rings is 1. The average Bonchev–Trinajstić information content (AvgIpc) is 3.25. The number of rotatable bonds is 5. The Balaban J connectivity index is 1.68. The van der Waals surface area contributed by atoms with E-state index in [1.54, 1.807) is 30.3 Å². The predicted molar refractivity (Wildman–Crippen MR) is 90.7 cm³/mol. The monoisotopic (exact) mass is 340 g/mol. The number of aromatic hydroxyl groups is 1. The van der Waals surface area contributed by atoms with E-state index in [0.717, 1.165) is 5.76 Å². The summed E-state index contributed by atoms with van der Waals surface area (Å²) in [6, 6.07) is 10.1. The molecule has 0 saturated carbocycles. The van der Waals surface area contributed by atoms with E-state index in [-0.39, 0.29) is 11.4 Å². The Labute approximate surface area is 143 Å². The fourth-order valence-corrected chi connectivity index (χ4v) is 2.17. The fourth-order valence-electron chi connectivity index (χ4n) is 2.17. The van der Waals surface area contributed by atoms with Crippen LogP contribution in [-0.2, 0) is 0 Å². The Morgan fingerprint density at radius 2 is 2.24 bits per heavy atom. The lowest BCUT2D eigenvalue weighted by Gasteiger charge is -2.04. The number of hydrazone groups is 1. The first kappa shape index (κ1) is 16.3. The SMILES string of the molecule is COc1cccc(/C=N\NC(=O)c2cc(-c3ccc(C)o3)[nH]n2)c1O. The van der Waals surface area contributed by atoms with E-state index in [1.807, 2.05) is 13.0 Å². The Kier molecular flexibility index (Phi) is 4.51. The summed E-state index contributed by atoms with van der Waals surface area (Å²) in [5.74, 6) is 1.12. The molecule has 3 aromatic rings. The smallest absolute Gasteiger partial charge is 0.291 e. The number of aromatic amines is 1. The highest BCUT2D eigenvalue weighted by molar-refractivity contribution is 5.94. The first-order valence-electron chi connectivity index (χ1n) is 7.40. The first-order valence-corrected chi connectivity index (χ1v) is 7.40. The molecule has 0 fully saturated rings. The number of aromatic nitrogens is 2. The van der Waals surface area contributed by atoms with Gasteiger partial charge >= 0.3 is 0 Å². The number of H-pyrrole nitrogens is 1.